The van der Waals surface area contributed by atoms with Crippen LogP contribution in [-0.4, -0.2) is 42.6 Å². The second-order valence-corrected chi connectivity index (χ2v) is 7.53. The first-order valence-corrected chi connectivity index (χ1v) is 8.46. The summed E-state index contributed by atoms with van der Waals surface area (Å²) in [5, 5.41) is 3.36. The average molecular weight is 318 g/mol. The summed E-state index contributed by atoms with van der Waals surface area (Å²) in [7, 11) is -0.361. The van der Waals surface area contributed by atoms with E-state index in [1.165, 1.54) is 0 Å². The molecular formula is C17H27BN2O3. The molecule has 1 atom stereocenters. The summed E-state index contributed by atoms with van der Waals surface area (Å²) in [6.07, 6.45) is 4.44. The zero-order valence-corrected chi connectivity index (χ0v) is 14.8. The zero-order valence-electron chi connectivity index (χ0n) is 14.8. The van der Waals surface area contributed by atoms with Gasteiger partial charge >= 0.3 is 7.12 Å². The maximum Gasteiger partial charge on any atom is 0.496 e. The first-order chi connectivity index (χ1) is 10.8. The number of nitrogens with zero attached hydrogens (tertiary/aromatic N) is 1. The lowest BCUT2D eigenvalue weighted by Gasteiger charge is -2.32. The van der Waals surface area contributed by atoms with Crippen LogP contribution in [0.2, 0.25) is 0 Å². The quantitative estimate of drug-likeness (QED) is 0.863. The van der Waals surface area contributed by atoms with E-state index in [1.807, 2.05) is 6.20 Å². The van der Waals surface area contributed by atoms with Gasteiger partial charge in [0, 0.05) is 24.8 Å². The summed E-state index contributed by atoms with van der Waals surface area (Å²) < 4.78 is 17.8. The lowest BCUT2D eigenvalue weighted by atomic mass is 9.77. The Morgan fingerprint density at radius 3 is 2.52 bits per heavy atom. The molecule has 0 saturated carbocycles. The largest absolute Gasteiger partial charge is 0.496 e. The topological polar surface area (TPSA) is 52.6 Å². The van der Waals surface area contributed by atoms with Crippen molar-refractivity contribution in [3.8, 4) is 0 Å². The van der Waals surface area contributed by atoms with Crippen LogP contribution in [0.3, 0.4) is 0 Å². The molecule has 2 aliphatic heterocycles. The SMILES string of the molecule is Cc1cc(NC[C@@H]2CCCO2)ncc1B1OC(C)(C)C(C)(C)O1. The standard InChI is InChI=1S/C17H27BN2O3/c1-12-9-15(19-10-13-7-6-8-21-13)20-11-14(12)18-22-16(2,3)17(4,5)23-18/h9,11,13H,6-8,10H2,1-5H3,(H,19,20)/t13-/m0/s1. The molecule has 126 valence electrons. The Labute approximate surface area is 139 Å². The third-order valence-electron chi connectivity index (χ3n) is 5.19. The zero-order chi connectivity index (χ0) is 16.7. The highest BCUT2D eigenvalue weighted by Gasteiger charge is 2.52. The van der Waals surface area contributed by atoms with Crippen molar-refractivity contribution in [1.29, 1.82) is 0 Å². The highest BCUT2D eigenvalue weighted by Crippen LogP contribution is 2.36. The van der Waals surface area contributed by atoms with Gasteiger partial charge in [0.05, 0.1) is 17.3 Å². The molecule has 0 radical (unpaired) electrons. The first kappa shape index (κ1) is 16.7. The Bertz CT molecular complexity index is 555. The van der Waals surface area contributed by atoms with E-state index in [-0.39, 0.29) is 18.3 Å². The highest BCUT2D eigenvalue weighted by molar-refractivity contribution is 6.62. The molecule has 1 aromatic heterocycles. The second kappa shape index (κ2) is 6.08. The number of aromatic nitrogens is 1. The van der Waals surface area contributed by atoms with E-state index in [0.717, 1.165) is 42.8 Å². The molecule has 0 spiro atoms. The molecule has 2 aliphatic rings. The minimum absolute atomic E-state index is 0.305. The molecule has 3 rings (SSSR count). The van der Waals surface area contributed by atoms with Crippen LogP contribution in [-0.2, 0) is 14.0 Å². The third-order valence-corrected chi connectivity index (χ3v) is 5.19. The van der Waals surface area contributed by atoms with E-state index in [1.54, 1.807) is 0 Å². The van der Waals surface area contributed by atoms with Gasteiger partial charge in [0.1, 0.15) is 5.82 Å². The minimum atomic E-state index is -0.361. The smallest absolute Gasteiger partial charge is 0.399 e. The summed E-state index contributed by atoms with van der Waals surface area (Å²) in [4.78, 5) is 4.51. The number of hydrogen-bond acceptors (Lipinski definition) is 5. The number of aryl methyl sites for hydroxylation is 1. The number of nitrogens with one attached hydrogen (secondary N) is 1. The van der Waals surface area contributed by atoms with Gasteiger partial charge in [0.2, 0.25) is 0 Å². The summed E-state index contributed by atoms with van der Waals surface area (Å²) in [5.41, 5.74) is 1.45. The minimum Gasteiger partial charge on any atom is -0.399 e. The monoisotopic (exact) mass is 318 g/mol. The maximum absolute atomic E-state index is 6.11. The van der Waals surface area contributed by atoms with Crippen molar-refractivity contribution in [2.24, 2.45) is 0 Å². The summed E-state index contributed by atoms with van der Waals surface area (Å²) in [5.74, 6) is 0.873. The van der Waals surface area contributed by atoms with Crippen LogP contribution in [0.15, 0.2) is 12.3 Å². The number of anilines is 1. The van der Waals surface area contributed by atoms with E-state index < -0.39 is 0 Å². The van der Waals surface area contributed by atoms with Gasteiger partial charge < -0.3 is 19.4 Å². The van der Waals surface area contributed by atoms with Crippen LogP contribution in [0.25, 0.3) is 0 Å². The van der Waals surface area contributed by atoms with E-state index in [0.29, 0.717) is 6.10 Å². The van der Waals surface area contributed by atoms with Crippen LogP contribution >= 0.6 is 0 Å². The second-order valence-electron chi connectivity index (χ2n) is 7.53. The van der Waals surface area contributed by atoms with E-state index in [9.17, 15) is 0 Å². The Hall–Kier alpha value is -1.11. The molecule has 1 N–H and O–H groups in total. The lowest BCUT2D eigenvalue weighted by Crippen LogP contribution is -2.41. The normalized spacial score (nSPS) is 25.8. The van der Waals surface area contributed by atoms with E-state index in [4.69, 9.17) is 14.0 Å². The van der Waals surface area contributed by atoms with Crippen LogP contribution in [0.1, 0.15) is 46.1 Å². The highest BCUT2D eigenvalue weighted by atomic mass is 16.7. The van der Waals surface area contributed by atoms with Crippen molar-refractivity contribution >= 4 is 18.4 Å². The first-order valence-electron chi connectivity index (χ1n) is 8.46. The van der Waals surface area contributed by atoms with Gasteiger partial charge in [-0.05, 0) is 59.1 Å². The molecule has 0 amide bonds. The summed E-state index contributed by atoms with van der Waals surface area (Å²) in [6, 6.07) is 2.05. The molecule has 0 aliphatic carbocycles. The average Bonchev–Trinajstić information content (AvgIpc) is 3.03. The number of rotatable bonds is 4. The molecule has 23 heavy (non-hydrogen) atoms. The molecule has 5 nitrogen and oxygen atoms in total. The van der Waals surface area contributed by atoms with Crippen molar-refractivity contribution < 1.29 is 14.0 Å². The molecule has 6 heteroatoms. The van der Waals surface area contributed by atoms with Gasteiger partial charge in [0.15, 0.2) is 0 Å². The number of hydrogen-bond donors (Lipinski definition) is 1. The Morgan fingerprint density at radius 2 is 1.96 bits per heavy atom. The van der Waals surface area contributed by atoms with Crippen LogP contribution in [0.5, 0.6) is 0 Å². The lowest BCUT2D eigenvalue weighted by molar-refractivity contribution is 0.00578. The van der Waals surface area contributed by atoms with E-state index >= 15 is 0 Å². The van der Waals surface area contributed by atoms with Gasteiger partial charge in [0.25, 0.3) is 0 Å². The van der Waals surface area contributed by atoms with Gasteiger partial charge in [-0.2, -0.15) is 0 Å². The fourth-order valence-electron chi connectivity index (χ4n) is 2.90. The van der Waals surface area contributed by atoms with E-state index in [2.05, 4.69) is 51.0 Å². The van der Waals surface area contributed by atoms with Gasteiger partial charge in [-0.1, -0.05) is 0 Å². The van der Waals surface area contributed by atoms with Crippen LogP contribution in [0, 0.1) is 6.92 Å². The molecule has 0 bridgehead atoms. The molecule has 1 aromatic rings. The predicted octanol–water partition coefficient (Wildman–Crippen LogP) is 2.28. The van der Waals surface area contributed by atoms with Crippen molar-refractivity contribution in [3.63, 3.8) is 0 Å². The fourth-order valence-corrected chi connectivity index (χ4v) is 2.90. The van der Waals surface area contributed by atoms with Gasteiger partial charge in [-0.3, -0.25) is 0 Å². The molecule has 2 fully saturated rings. The third kappa shape index (κ3) is 3.39. The van der Waals surface area contributed by atoms with Crippen molar-refractivity contribution in [3.05, 3.63) is 17.8 Å². The van der Waals surface area contributed by atoms with Gasteiger partial charge in [-0.15, -0.1) is 0 Å². The maximum atomic E-state index is 6.11. The van der Waals surface area contributed by atoms with Crippen molar-refractivity contribution in [1.82, 2.24) is 4.98 Å². The van der Waals surface area contributed by atoms with Crippen LogP contribution < -0.4 is 10.8 Å². The van der Waals surface area contributed by atoms with Crippen LogP contribution in [0.4, 0.5) is 5.82 Å². The van der Waals surface area contributed by atoms with Gasteiger partial charge in [-0.25, -0.2) is 4.98 Å². The van der Waals surface area contributed by atoms with Crippen molar-refractivity contribution in [2.75, 3.05) is 18.5 Å². The summed E-state index contributed by atoms with van der Waals surface area (Å²) in [6.45, 7) is 12.0. The summed E-state index contributed by atoms with van der Waals surface area (Å²) >= 11 is 0. The number of pyridine rings is 1. The Kier molecular flexibility index (Phi) is 4.42. The molecule has 0 aromatic carbocycles. The van der Waals surface area contributed by atoms with Crippen molar-refractivity contribution in [2.45, 2.75) is 64.8 Å². The Morgan fingerprint density at radius 1 is 1.26 bits per heavy atom. The predicted molar refractivity (Wildman–Crippen MR) is 92.2 cm³/mol. The Balaban J connectivity index is 1.68. The molecule has 3 heterocycles. The molecular weight excluding hydrogens is 291 g/mol. The fraction of sp³-hybridized carbons (Fsp3) is 0.706. The molecule has 0 unspecified atom stereocenters. The number of ether oxygens (including phenoxy) is 1. The molecule has 2 saturated heterocycles.